The van der Waals surface area contributed by atoms with Gasteiger partial charge in [-0.3, -0.25) is 0 Å². The highest BCUT2D eigenvalue weighted by Crippen LogP contribution is 3.02. The van der Waals surface area contributed by atoms with Crippen LogP contribution in [0.25, 0.3) is 0 Å². The number of hydrogen-bond acceptors (Lipinski definition) is 2. The van der Waals surface area contributed by atoms with Crippen molar-refractivity contribution in [2.24, 2.45) is 5.73 Å². The van der Waals surface area contributed by atoms with Crippen LogP contribution in [0.5, 0.6) is 0 Å². The molecule has 0 heterocycles. The Morgan fingerprint density at radius 1 is 1.07 bits per heavy atom. The van der Waals surface area contributed by atoms with Gasteiger partial charge in [-0.2, -0.15) is 0 Å². The molecule has 0 aliphatic heterocycles. The largest absolute Gasteiger partial charge is 0.398 e. The SMILES string of the molecule is NCc1cc(S(F)(F)(F)(F)F)ccc1N. The van der Waals surface area contributed by atoms with E-state index in [9.17, 15) is 19.4 Å². The van der Waals surface area contributed by atoms with Gasteiger partial charge in [0.1, 0.15) is 4.90 Å². The van der Waals surface area contributed by atoms with Crippen molar-refractivity contribution >= 4 is 15.9 Å². The Morgan fingerprint density at radius 2 is 1.60 bits per heavy atom. The third kappa shape index (κ3) is 2.72. The van der Waals surface area contributed by atoms with Crippen molar-refractivity contribution in [1.29, 1.82) is 0 Å². The molecule has 0 spiro atoms. The number of nitrogen functional groups attached to an aromatic ring is 1. The molecule has 2 nitrogen and oxygen atoms in total. The summed E-state index contributed by atoms with van der Waals surface area (Å²) in [5, 5.41) is 0. The van der Waals surface area contributed by atoms with E-state index in [2.05, 4.69) is 0 Å². The molecular weight excluding hydrogens is 239 g/mol. The Labute approximate surface area is 82.8 Å². The summed E-state index contributed by atoms with van der Waals surface area (Å²) in [5.74, 6) is 0. The maximum Gasteiger partial charge on any atom is 0.310 e. The highest BCUT2D eigenvalue weighted by Gasteiger charge is 2.65. The van der Waals surface area contributed by atoms with Gasteiger partial charge in [-0.05, 0) is 23.8 Å². The van der Waals surface area contributed by atoms with E-state index in [1.54, 1.807) is 0 Å². The summed E-state index contributed by atoms with van der Waals surface area (Å²) in [4.78, 5) is -1.97. The summed E-state index contributed by atoms with van der Waals surface area (Å²) < 4.78 is 61.6. The maximum atomic E-state index is 12.3. The fourth-order valence-electron chi connectivity index (χ4n) is 0.999. The second-order valence-corrected chi connectivity index (χ2v) is 5.44. The standard InChI is InChI=1S/C7H9F5N2S/c8-15(9,10,11,12)6-1-2-7(14)5(3-6)4-13/h1-3H,4,13-14H2. The third-order valence-electron chi connectivity index (χ3n) is 1.78. The topological polar surface area (TPSA) is 52.0 Å². The molecule has 0 unspecified atom stereocenters. The van der Waals surface area contributed by atoms with Gasteiger partial charge >= 0.3 is 10.2 Å². The lowest BCUT2D eigenvalue weighted by molar-refractivity contribution is 0.364. The second-order valence-electron chi connectivity index (χ2n) is 3.03. The molecule has 88 valence electrons. The molecule has 1 rings (SSSR count). The van der Waals surface area contributed by atoms with E-state index >= 15 is 0 Å². The Hall–Kier alpha value is -1.02. The minimum Gasteiger partial charge on any atom is -0.398 e. The molecule has 1 aromatic carbocycles. The van der Waals surface area contributed by atoms with Crippen molar-refractivity contribution in [1.82, 2.24) is 0 Å². The van der Waals surface area contributed by atoms with Crippen LogP contribution in [0.1, 0.15) is 5.56 Å². The first-order valence-corrected chi connectivity index (χ1v) is 5.72. The first-order chi connectivity index (χ1) is 6.44. The van der Waals surface area contributed by atoms with Crippen LogP contribution in [-0.2, 0) is 6.54 Å². The van der Waals surface area contributed by atoms with Gasteiger partial charge in [-0.25, -0.2) is 0 Å². The molecule has 0 fully saturated rings. The van der Waals surface area contributed by atoms with Crippen molar-refractivity contribution in [2.75, 3.05) is 5.73 Å². The van der Waals surface area contributed by atoms with Crippen LogP contribution in [0.15, 0.2) is 23.1 Å². The Bertz CT molecular complexity index is 399. The first kappa shape index (κ1) is 12.1. The van der Waals surface area contributed by atoms with Crippen LogP contribution in [0.3, 0.4) is 0 Å². The van der Waals surface area contributed by atoms with E-state index < -0.39 is 15.1 Å². The summed E-state index contributed by atoms with van der Waals surface area (Å²) >= 11 is 0. The molecule has 8 heteroatoms. The minimum atomic E-state index is -9.62. The van der Waals surface area contributed by atoms with Crippen molar-refractivity contribution in [3.05, 3.63) is 23.8 Å². The molecule has 0 aromatic heterocycles. The molecule has 15 heavy (non-hydrogen) atoms. The van der Waals surface area contributed by atoms with Crippen LogP contribution >= 0.6 is 10.2 Å². The summed E-state index contributed by atoms with van der Waals surface area (Å²) in [6.45, 7) is -0.326. The van der Waals surface area contributed by atoms with Crippen LogP contribution in [0.2, 0.25) is 0 Å². The highest BCUT2D eigenvalue weighted by molar-refractivity contribution is 8.45. The van der Waals surface area contributed by atoms with E-state index in [4.69, 9.17) is 11.5 Å². The lowest BCUT2D eigenvalue weighted by atomic mass is 10.2. The summed E-state index contributed by atoms with van der Waals surface area (Å²) in [5.41, 5.74) is 10.1. The third-order valence-corrected chi connectivity index (χ3v) is 2.92. The number of nitrogens with two attached hydrogens (primary N) is 2. The molecule has 0 aliphatic carbocycles. The molecular formula is C7H9F5N2S. The van der Waals surface area contributed by atoms with Crippen molar-refractivity contribution in [3.63, 3.8) is 0 Å². The lowest BCUT2D eigenvalue weighted by Crippen LogP contribution is -2.09. The Kier molecular flexibility index (Phi) is 2.06. The summed E-state index contributed by atoms with van der Waals surface area (Å²) in [6.07, 6.45) is 0. The van der Waals surface area contributed by atoms with Gasteiger partial charge in [0, 0.05) is 12.2 Å². The van der Waals surface area contributed by atoms with Crippen LogP contribution in [0.4, 0.5) is 25.1 Å². The monoisotopic (exact) mass is 248 g/mol. The van der Waals surface area contributed by atoms with Crippen molar-refractivity contribution < 1.29 is 19.4 Å². The molecule has 0 amide bonds. The van der Waals surface area contributed by atoms with Crippen LogP contribution < -0.4 is 11.5 Å². The smallest absolute Gasteiger partial charge is 0.310 e. The van der Waals surface area contributed by atoms with E-state index in [1.807, 2.05) is 0 Å². The second kappa shape index (κ2) is 2.56. The molecule has 1 aromatic rings. The molecule has 0 saturated carbocycles. The summed E-state index contributed by atoms with van der Waals surface area (Å²) in [7, 11) is -9.62. The Balaban J connectivity index is 3.44. The van der Waals surface area contributed by atoms with Crippen LogP contribution in [-0.4, -0.2) is 0 Å². The number of halogens is 5. The highest BCUT2D eigenvalue weighted by atomic mass is 32.5. The molecule has 0 radical (unpaired) electrons. The average Bonchev–Trinajstić information content (AvgIpc) is 2.00. The fourth-order valence-corrected chi connectivity index (χ4v) is 1.69. The van der Waals surface area contributed by atoms with Gasteiger partial charge < -0.3 is 11.5 Å². The van der Waals surface area contributed by atoms with Gasteiger partial charge in [0.05, 0.1) is 0 Å². The van der Waals surface area contributed by atoms with E-state index in [0.717, 1.165) is 6.07 Å². The van der Waals surface area contributed by atoms with E-state index in [-0.39, 0.29) is 29.9 Å². The van der Waals surface area contributed by atoms with Gasteiger partial charge in [0.25, 0.3) is 0 Å². The van der Waals surface area contributed by atoms with Gasteiger partial charge in [0.15, 0.2) is 0 Å². The predicted octanol–water partition coefficient (Wildman–Crippen LogP) is 3.38. The van der Waals surface area contributed by atoms with Gasteiger partial charge in [-0.1, -0.05) is 19.4 Å². The lowest BCUT2D eigenvalue weighted by Gasteiger charge is -2.40. The molecule has 0 bridgehead atoms. The molecule has 0 saturated heterocycles. The van der Waals surface area contributed by atoms with Crippen molar-refractivity contribution in [3.8, 4) is 0 Å². The number of anilines is 1. The van der Waals surface area contributed by atoms with E-state index in [0.29, 0.717) is 0 Å². The fraction of sp³-hybridized carbons (Fsp3) is 0.143. The zero-order chi connectivity index (χ0) is 12.0. The van der Waals surface area contributed by atoms with Gasteiger partial charge in [-0.15, -0.1) is 0 Å². The minimum absolute atomic E-state index is 0.0388. The van der Waals surface area contributed by atoms with Crippen LogP contribution in [0, 0.1) is 0 Å². The molecule has 0 atom stereocenters. The maximum absolute atomic E-state index is 12.3. The molecule has 4 N–H and O–H groups in total. The first-order valence-electron chi connectivity index (χ1n) is 3.76. The zero-order valence-corrected chi connectivity index (χ0v) is 8.21. The number of benzene rings is 1. The number of rotatable bonds is 2. The number of hydrogen-bond donors (Lipinski definition) is 2. The Morgan fingerprint density at radius 3 is 2.00 bits per heavy atom. The normalized spacial score (nSPS) is 16.9. The molecule has 0 aliphatic rings. The van der Waals surface area contributed by atoms with Gasteiger partial charge in [0.2, 0.25) is 0 Å². The quantitative estimate of drug-likeness (QED) is 0.622. The summed E-state index contributed by atoms with van der Waals surface area (Å²) in [6, 6.07) is 1.32. The average molecular weight is 248 g/mol. The zero-order valence-electron chi connectivity index (χ0n) is 7.39. The van der Waals surface area contributed by atoms with E-state index in [1.165, 1.54) is 0 Å². The predicted molar refractivity (Wildman–Crippen MR) is 50.1 cm³/mol. The van der Waals surface area contributed by atoms with Crippen molar-refractivity contribution in [2.45, 2.75) is 11.4 Å².